The number of hydrogen-bond acceptors (Lipinski definition) is 0. The fourth-order valence-corrected chi connectivity index (χ4v) is 1.55. The van der Waals surface area contributed by atoms with Crippen LogP contribution in [-0.2, 0) is 6.42 Å². The van der Waals surface area contributed by atoms with Crippen LogP contribution in [0.2, 0.25) is 0 Å². The van der Waals surface area contributed by atoms with Crippen LogP contribution >= 0.6 is 15.9 Å². The fraction of sp³-hybridized carbons (Fsp3) is 0.455. The van der Waals surface area contributed by atoms with Gasteiger partial charge in [-0.1, -0.05) is 41.9 Å². The molecule has 1 aromatic rings. The van der Waals surface area contributed by atoms with E-state index in [1.807, 2.05) is 0 Å². The highest BCUT2D eigenvalue weighted by Crippen LogP contribution is 2.18. The molecule has 1 rings (SSSR count). The van der Waals surface area contributed by atoms with Crippen LogP contribution in [-0.4, -0.2) is 0 Å². The van der Waals surface area contributed by atoms with Crippen molar-refractivity contribution in [3.63, 3.8) is 0 Å². The normalized spacial score (nSPS) is 10.8. The number of rotatable bonds is 2. The summed E-state index contributed by atoms with van der Waals surface area (Å²) < 4.78 is 1.20. The molecule has 0 amide bonds. The summed E-state index contributed by atoms with van der Waals surface area (Å²) in [4.78, 5) is 0. The van der Waals surface area contributed by atoms with Crippen molar-refractivity contribution in [3.05, 3.63) is 33.8 Å². The lowest BCUT2D eigenvalue weighted by Gasteiger charge is -2.06. The molecule has 0 N–H and O–H groups in total. The number of aryl methyl sites for hydroxylation is 1. The zero-order valence-electron chi connectivity index (χ0n) is 7.89. The van der Waals surface area contributed by atoms with Gasteiger partial charge in [-0.15, -0.1) is 0 Å². The molecule has 1 aromatic carbocycles. The largest absolute Gasteiger partial charge is 0.0625 e. The highest BCUT2D eigenvalue weighted by atomic mass is 79.9. The van der Waals surface area contributed by atoms with Gasteiger partial charge in [0.1, 0.15) is 0 Å². The molecule has 0 aliphatic rings. The average molecular weight is 227 g/mol. The summed E-state index contributed by atoms with van der Waals surface area (Å²) in [5.74, 6) is 0.741. The molecule has 0 saturated carbocycles. The van der Waals surface area contributed by atoms with Gasteiger partial charge in [-0.05, 0) is 36.5 Å². The molecule has 1 heteroatoms. The van der Waals surface area contributed by atoms with Gasteiger partial charge in [0.2, 0.25) is 0 Å². The predicted molar refractivity (Wildman–Crippen MR) is 57.4 cm³/mol. The van der Waals surface area contributed by atoms with Crippen LogP contribution in [0, 0.1) is 12.8 Å². The number of benzene rings is 1. The van der Waals surface area contributed by atoms with Crippen molar-refractivity contribution in [1.82, 2.24) is 0 Å². The Balaban J connectivity index is 2.82. The monoisotopic (exact) mass is 226 g/mol. The second-order valence-corrected chi connectivity index (χ2v) is 4.54. The molecule has 0 fully saturated rings. The van der Waals surface area contributed by atoms with E-state index in [2.05, 4.69) is 54.9 Å². The maximum absolute atomic E-state index is 3.50. The van der Waals surface area contributed by atoms with Gasteiger partial charge in [0.05, 0.1) is 0 Å². The summed E-state index contributed by atoms with van der Waals surface area (Å²) in [5.41, 5.74) is 2.76. The first kappa shape index (κ1) is 9.79. The highest BCUT2D eigenvalue weighted by Gasteiger charge is 1.99. The van der Waals surface area contributed by atoms with Crippen molar-refractivity contribution < 1.29 is 0 Å². The van der Waals surface area contributed by atoms with Crippen molar-refractivity contribution in [1.29, 1.82) is 0 Å². The van der Waals surface area contributed by atoms with Gasteiger partial charge in [0.25, 0.3) is 0 Å². The van der Waals surface area contributed by atoms with E-state index in [1.54, 1.807) is 0 Å². The first-order valence-electron chi connectivity index (χ1n) is 4.34. The molecular weight excluding hydrogens is 212 g/mol. The molecule has 0 nitrogen and oxygen atoms in total. The second-order valence-electron chi connectivity index (χ2n) is 3.68. The van der Waals surface area contributed by atoms with Crippen molar-refractivity contribution in [3.8, 4) is 0 Å². The molecule has 0 spiro atoms. The highest BCUT2D eigenvalue weighted by molar-refractivity contribution is 9.10. The Labute approximate surface area is 83.1 Å². The minimum absolute atomic E-state index is 0.741. The summed E-state index contributed by atoms with van der Waals surface area (Å²) in [5, 5.41) is 0. The molecule has 0 bridgehead atoms. The Morgan fingerprint density at radius 3 is 2.50 bits per heavy atom. The molecular formula is C11H15Br. The third kappa shape index (κ3) is 2.63. The first-order valence-corrected chi connectivity index (χ1v) is 5.14. The summed E-state index contributed by atoms with van der Waals surface area (Å²) in [6, 6.07) is 6.58. The van der Waals surface area contributed by atoms with E-state index < -0.39 is 0 Å². The third-order valence-electron chi connectivity index (χ3n) is 1.87. The zero-order chi connectivity index (χ0) is 9.14. The summed E-state index contributed by atoms with van der Waals surface area (Å²) in [6.07, 6.45) is 1.17. The van der Waals surface area contributed by atoms with Gasteiger partial charge in [0.15, 0.2) is 0 Å². The lowest BCUT2D eigenvalue weighted by Crippen LogP contribution is -1.94. The lowest BCUT2D eigenvalue weighted by molar-refractivity contribution is 0.647. The van der Waals surface area contributed by atoms with Crippen LogP contribution in [0.25, 0.3) is 0 Å². The van der Waals surface area contributed by atoms with Crippen molar-refractivity contribution in [2.45, 2.75) is 27.2 Å². The minimum Gasteiger partial charge on any atom is -0.0625 e. The average Bonchev–Trinajstić information content (AvgIpc) is 1.96. The Hall–Kier alpha value is -0.300. The summed E-state index contributed by atoms with van der Waals surface area (Å²) in [6.45, 7) is 6.63. The van der Waals surface area contributed by atoms with E-state index in [4.69, 9.17) is 0 Å². The first-order chi connectivity index (χ1) is 5.59. The molecule has 0 aliphatic heterocycles. The van der Waals surface area contributed by atoms with Crippen LogP contribution in [0.4, 0.5) is 0 Å². The van der Waals surface area contributed by atoms with Gasteiger partial charge >= 0.3 is 0 Å². The third-order valence-corrected chi connectivity index (χ3v) is 2.76. The summed E-state index contributed by atoms with van der Waals surface area (Å²) >= 11 is 3.50. The molecule has 0 radical (unpaired) electrons. The Kier molecular flexibility index (Phi) is 3.33. The molecule has 0 heterocycles. The SMILES string of the molecule is Cc1cc(CC(C)C)ccc1Br. The molecule has 0 saturated heterocycles. The van der Waals surface area contributed by atoms with E-state index in [0.29, 0.717) is 0 Å². The van der Waals surface area contributed by atoms with E-state index >= 15 is 0 Å². The molecule has 0 atom stereocenters. The van der Waals surface area contributed by atoms with Gasteiger partial charge < -0.3 is 0 Å². The van der Waals surface area contributed by atoms with Crippen molar-refractivity contribution in [2.24, 2.45) is 5.92 Å². The molecule has 0 aliphatic carbocycles. The second kappa shape index (κ2) is 4.08. The standard InChI is InChI=1S/C11H15Br/c1-8(2)6-10-4-5-11(12)9(3)7-10/h4-5,7-8H,6H2,1-3H3. The molecule has 0 aromatic heterocycles. The predicted octanol–water partition coefficient (Wildman–Crippen LogP) is 3.96. The van der Waals surface area contributed by atoms with E-state index in [1.165, 1.54) is 22.0 Å². The van der Waals surface area contributed by atoms with Crippen LogP contribution in [0.3, 0.4) is 0 Å². The van der Waals surface area contributed by atoms with Crippen molar-refractivity contribution >= 4 is 15.9 Å². The Morgan fingerprint density at radius 1 is 1.33 bits per heavy atom. The van der Waals surface area contributed by atoms with E-state index in [9.17, 15) is 0 Å². The quantitative estimate of drug-likeness (QED) is 0.717. The summed E-state index contributed by atoms with van der Waals surface area (Å²) in [7, 11) is 0. The maximum atomic E-state index is 3.50. The van der Waals surface area contributed by atoms with Crippen molar-refractivity contribution in [2.75, 3.05) is 0 Å². The van der Waals surface area contributed by atoms with E-state index in [-0.39, 0.29) is 0 Å². The molecule has 12 heavy (non-hydrogen) atoms. The van der Waals surface area contributed by atoms with Crippen LogP contribution in [0.5, 0.6) is 0 Å². The topological polar surface area (TPSA) is 0 Å². The molecule has 66 valence electrons. The smallest absolute Gasteiger partial charge is 0.0204 e. The molecule has 0 unspecified atom stereocenters. The fourth-order valence-electron chi connectivity index (χ4n) is 1.31. The number of halogens is 1. The van der Waals surface area contributed by atoms with Gasteiger partial charge in [-0.25, -0.2) is 0 Å². The maximum Gasteiger partial charge on any atom is 0.0204 e. The zero-order valence-corrected chi connectivity index (χ0v) is 9.48. The lowest BCUT2D eigenvalue weighted by atomic mass is 10.0. The van der Waals surface area contributed by atoms with Crippen LogP contribution in [0.1, 0.15) is 25.0 Å². The Morgan fingerprint density at radius 2 is 2.00 bits per heavy atom. The van der Waals surface area contributed by atoms with Gasteiger partial charge in [0, 0.05) is 4.47 Å². The van der Waals surface area contributed by atoms with Gasteiger partial charge in [-0.2, -0.15) is 0 Å². The van der Waals surface area contributed by atoms with E-state index in [0.717, 1.165) is 5.92 Å². The minimum atomic E-state index is 0.741. The van der Waals surface area contributed by atoms with Crippen LogP contribution < -0.4 is 0 Å². The van der Waals surface area contributed by atoms with Gasteiger partial charge in [-0.3, -0.25) is 0 Å². The van der Waals surface area contributed by atoms with Crippen LogP contribution in [0.15, 0.2) is 22.7 Å². The Bertz CT molecular complexity index is 264. The number of hydrogen-bond donors (Lipinski definition) is 0.